The molecule has 3 heterocycles. The molecule has 3 N–H and O–H groups in total. The number of hydrogen-bond acceptors (Lipinski definition) is 4. The summed E-state index contributed by atoms with van der Waals surface area (Å²) in [5.41, 5.74) is 4.14. The SMILES string of the molecule is O=C(O)C(=O)O.c1ccc2c(c1)Cn1ccc(C3CCNCC3)c1CO2. The number of carboxylic acids is 2. The van der Waals surface area contributed by atoms with Crippen LogP contribution in [0.5, 0.6) is 5.75 Å². The standard InChI is InChI=1S/C17H20N2O.C2H2O4/c1-2-4-17-14(3-1)11-19-10-7-15(16(19)12-20-17)13-5-8-18-9-6-13;3-1(4)2(5)6/h1-4,7,10,13,18H,5-6,8-9,11-12H2;(H,3,4)(H,5,6). The van der Waals surface area contributed by atoms with Crippen LogP contribution in [-0.2, 0) is 22.7 Å². The Labute approximate surface area is 151 Å². The molecular weight excluding hydrogens is 336 g/mol. The first kappa shape index (κ1) is 18.0. The summed E-state index contributed by atoms with van der Waals surface area (Å²) in [5, 5.41) is 18.2. The second-order valence-electron chi connectivity index (χ2n) is 6.38. The largest absolute Gasteiger partial charge is 0.487 e. The van der Waals surface area contributed by atoms with Crippen molar-refractivity contribution in [3.63, 3.8) is 0 Å². The minimum Gasteiger partial charge on any atom is -0.487 e. The monoisotopic (exact) mass is 358 g/mol. The van der Waals surface area contributed by atoms with E-state index in [-0.39, 0.29) is 0 Å². The van der Waals surface area contributed by atoms with Gasteiger partial charge in [-0.2, -0.15) is 0 Å². The lowest BCUT2D eigenvalue weighted by Gasteiger charge is -2.23. The van der Waals surface area contributed by atoms with Crippen LogP contribution in [0.3, 0.4) is 0 Å². The quantitative estimate of drug-likeness (QED) is 0.675. The molecule has 0 radical (unpaired) electrons. The van der Waals surface area contributed by atoms with E-state index >= 15 is 0 Å². The molecule has 2 aliphatic rings. The van der Waals surface area contributed by atoms with Gasteiger partial charge in [-0.3, -0.25) is 0 Å². The van der Waals surface area contributed by atoms with Crippen molar-refractivity contribution < 1.29 is 24.5 Å². The molecule has 2 aliphatic heterocycles. The lowest BCUT2D eigenvalue weighted by Crippen LogP contribution is -2.27. The van der Waals surface area contributed by atoms with Crippen molar-refractivity contribution in [2.24, 2.45) is 0 Å². The van der Waals surface area contributed by atoms with E-state index in [0.29, 0.717) is 12.5 Å². The van der Waals surface area contributed by atoms with Crippen LogP contribution in [0.2, 0.25) is 0 Å². The van der Waals surface area contributed by atoms with Crippen molar-refractivity contribution in [3.8, 4) is 5.75 Å². The van der Waals surface area contributed by atoms with Crippen molar-refractivity contribution >= 4 is 11.9 Å². The van der Waals surface area contributed by atoms with Gasteiger partial charge in [-0.15, -0.1) is 0 Å². The highest BCUT2D eigenvalue weighted by molar-refractivity contribution is 6.27. The number of aromatic nitrogens is 1. The number of nitrogens with zero attached hydrogens (tertiary/aromatic N) is 1. The van der Waals surface area contributed by atoms with Gasteiger partial charge in [0.1, 0.15) is 12.4 Å². The summed E-state index contributed by atoms with van der Waals surface area (Å²) in [6.07, 6.45) is 4.71. The molecule has 1 aromatic heterocycles. The first-order valence-electron chi connectivity index (χ1n) is 8.62. The number of hydrogen-bond donors (Lipinski definition) is 3. The smallest absolute Gasteiger partial charge is 0.414 e. The van der Waals surface area contributed by atoms with Gasteiger partial charge in [-0.05, 0) is 49.5 Å². The van der Waals surface area contributed by atoms with Crippen molar-refractivity contribution in [3.05, 3.63) is 53.3 Å². The third-order valence-corrected chi connectivity index (χ3v) is 4.75. The summed E-state index contributed by atoms with van der Waals surface area (Å²) >= 11 is 0. The molecular formula is C19H22N2O5. The van der Waals surface area contributed by atoms with E-state index in [9.17, 15) is 0 Å². The van der Waals surface area contributed by atoms with Crippen molar-refractivity contribution in [2.75, 3.05) is 13.1 Å². The normalized spacial score (nSPS) is 16.2. The lowest BCUT2D eigenvalue weighted by molar-refractivity contribution is -0.159. The Kier molecular flexibility index (Phi) is 5.58. The summed E-state index contributed by atoms with van der Waals surface area (Å²) in [6.45, 7) is 3.90. The van der Waals surface area contributed by atoms with E-state index < -0.39 is 11.9 Å². The second-order valence-corrected chi connectivity index (χ2v) is 6.38. The molecule has 0 atom stereocenters. The fourth-order valence-corrected chi connectivity index (χ4v) is 3.45. The highest BCUT2D eigenvalue weighted by Gasteiger charge is 2.23. The number of aliphatic carboxylic acids is 2. The van der Waals surface area contributed by atoms with Crippen LogP contribution < -0.4 is 10.1 Å². The van der Waals surface area contributed by atoms with Crippen LogP contribution >= 0.6 is 0 Å². The third-order valence-electron chi connectivity index (χ3n) is 4.75. The molecule has 0 spiro atoms. The van der Waals surface area contributed by atoms with E-state index in [1.807, 2.05) is 6.07 Å². The van der Waals surface area contributed by atoms with Crippen molar-refractivity contribution in [1.82, 2.24) is 9.88 Å². The Bertz CT molecular complexity index is 781. The van der Waals surface area contributed by atoms with E-state index in [1.54, 1.807) is 0 Å². The summed E-state index contributed by atoms with van der Waals surface area (Å²) in [7, 11) is 0. The highest BCUT2D eigenvalue weighted by atomic mass is 16.5. The maximum atomic E-state index is 9.10. The first-order valence-corrected chi connectivity index (χ1v) is 8.62. The van der Waals surface area contributed by atoms with Crippen LogP contribution in [0.15, 0.2) is 36.5 Å². The van der Waals surface area contributed by atoms with Gasteiger partial charge in [-0.1, -0.05) is 18.2 Å². The maximum Gasteiger partial charge on any atom is 0.414 e. The fourth-order valence-electron chi connectivity index (χ4n) is 3.45. The number of fused-ring (bicyclic) bond motifs is 2. The van der Waals surface area contributed by atoms with Gasteiger partial charge in [0.05, 0.1) is 12.2 Å². The van der Waals surface area contributed by atoms with E-state index in [1.165, 1.54) is 29.7 Å². The zero-order valence-electron chi connectivity index (χ0n) is 14.4. The van der Waals surface area contributed by atoms with Gasteiger partial charge < -0.3 is 24.8 Å². The molecule has 2 aromatic rings. The van der Waals surface area contributed by atoms with Gasteiger partial charge in [0.2, 0.25) is 0 Å². The third kappa shape index (κ3) is 4.05. The zero-order chi connectivity index (χ0) is 18.5. The number of nitrogens with one attached hydrogen (secondary N) is 1. The average Bonchev–Trinajstić information content (AvgIpc) is 2.95. The highest BCUT2D eigenvalue weighted by Crippen LogP contribution is 2.32. The number of piperidine rings is 1. The molecule has 1 fully saturated rings. The number of carbonyl (C=O) groups is 2. The summed E-state index contributed by atoms with van der Waals surface area (Å²) in [5.74, 6) is -1.92. The molecule has 0 amide bonds. The molecule has 7 nitrogen and oxygen atoms in total. The molecule has 1 saturated heterocycles. The second kappa shape index (κ2) is 8.05. The first-order chi connectivity index (χ1) is 12.6. The van der Waals surface area contributed by atoms with Gasteiger partial charge >= 0.3 is 11.9 Å². The van der Waals surface area contributed by atoms with Crippen LogP contribution in [0.1, 0.15) is 35.6 Å². The van der Waals surface area contributed by atoms with Gasteiger partial charge in [0.15, 0.2) is 0 Å². The molecule has 26 heavy (non-hydrogen) atoms. The summed E-state index contributed by atoms with van der Waals surface area (Å²) < 4.78 is 8.39. The summed E-state index contributed by atoms with van der Waals surface area (Å²) in [6, 6.07) is 10.7. The van der Waals surface area contributed by atoms with Gasteiger partial charge in [0, 0.05) is 11.8 Å². The minimum absolute atomic E-state index is 0.692. The molecule has 1 aromatic carbocycles. The molecule has 138 valence electrons. The van der Waals surface area contributed by atoms with Crippen LogP contribution in [0, 0.1) is 0 Å². The predicted molar refractivity (Wildman–Crippen MR) is 94.4 cm³/mol. The number of para-hydroxylation sites is 1. The number of rotatable bonds is 1. The topological polar surface area (TPSA) is 101 Å². The Morgan fingerprint density at radius 1 is 1.08 bits per heavy atom. The van der Waals surface area contributed by atoms with E-state index in [2.05, 4.69) is 40.3 Å². The lowest BCUT2D eigenvalue weighted by atomic mass is 9.90. The van der Waals surface area contributed by atoms with Crippen LogP contribution in [0.25, 0.3) is 0 Å². The molecule has 4 rings (SSSR count). The van der Waals surface area contributed by atoms with E-state index in [4.69, 9.17) is 24.5 Å². The molecule has 0 bridgehead atoms. The van der Waals surface area contributed by atoms with Crippen LogP contribution in [-0.4, -0.2) is 39.8 Å². The van der Waals surface area contributed by atoms with E-state index in [0.717, 1.165) is 25.4 Å². The summed E-state index contributed by atoms with van der Waals surface area (Å²) in [4.78, 5) is 18.2. The van der Waals surface area contributed by atoms with Crippen molar-refractivity contribution in [2.45, 2.75) is 31.9 Å². The van der Waals surface area contributed by atoms with Crippen molar-refractivity contribution in [1.29, 1.82) is 0 Å². The average molecular weight is 358 g/mol. The van der Waals surface area contributed by atoms with Crippen LogP contribution in [0.4, 0.5) is 0 Å². The number of ether oxygens (including phenoxy) is 1. The minimum atomic E-state index is -1.82. The van der Waals surface area contributed by atoms with Gasteiger partial charge in [-0.25, -0.2) is 9.59 Å². The Morgan fingerprint density at radius 2 is 1.77 bits per heavy atom. The fraction of sp³-hybridized carbons (Fsp3) is 0.368. The molecule has 0 aliphatic carbocycles. The zero-order valence-corrected chi connectivity index (χ0v) is 14.4. The molecule has 0 saturated carbocycles. The number of carboxylic acid groups (broad SMARTS) is 2. The Balaban J connectivity index is 0.000000286. The number of benzene rings is 1. The maximum absolute atomic E-state index is 9.10. The van der Waals surface area contributed by atoms with Gasteiger partial charge in [0.25, 0.3) is 0 Å². The predicted octanol–water partition coefficient (Wildman–Crippen LogP) is 2.05. The Morgan fingerprint density at radius 3 is 2.46 bits per heavy atom. The molecule has 0 unspecified atom stereocenters. The molecule has 7 heteroatoms. The Hall–Kier alpha value is -2.80.